The third-order valence-electron chi connectivity index (χ3n) is 4.76. The molecule has 2 heterocycles. The minimum Gasteiger partial charge on any atom is -0.492 e. The molecule has 1 fully saturated rings. The Morgan fingerprint density at radius 2 is 1.89 bits per heavy atom. The summed E-state index contributed by atoms with van der Waals surface area (Å²) in [6, 6.07) is 15.5. The van der Waals surface area contributed by atoms with Crippen LogP contribution in [0.2, 0.25) is 0 Å². The summed E-state index contributed by atoms with van der Waals surface area (Å²) >= 11 is 1.76. The van der Waals surface area contributed by atoms with E-state index in [0.29, 0.717) is 36.7 Å². The second-order valence-electron chi connectivity index (χ2n) is 6.62. The molecule has 5 nitrogen and oxygen atoms in total. The quantitative estimate of drug-likeness (QED) is 0.461. The van der Waals surface area contributed by atoms with E-state index in [2.05, 4.69) is 12.1 Å². The van der Waals surface area contributed by atoms with Crippen molar-refractivity contribution >= 4 is 28.6 Å². The molecule has 0 atom stereocenters. The van der Waals surface area contributed by atoms with E-state index in [1.807, 2.05) is 36.1 Å². The number of anilines is 1. The lowest BCUT2D eigenvalue weighted by atomic mass is 10.1. The van der Waals surface area contributed by atoms with Crippen LogP contribution in [-0.4, -0.2) is 38.7 Å². The highest BCUT2D eigenvalue weighted by atomic mass is 32.2. The topological polar surface area (TPSA) is 51.9 Å². The number of fused-ring (bicyclic) bond motifs is 1. The van der Waals surface area contributed by atoms with Crippen molar-refractivity contribution in [2.75, 3.05) is 43.6 Å². The van der Waals surface area contributed by atoms with Gasteiger partial charge in [-0.25, -0.2) is 0 Å². The highest BCUT2D eigenvalue weighted by Gasteiger charge is 2.17. The van der Waals surface area contributed by atoms with Crippen molar-refractivity contribution in [3.8, 4) is 5.75 Å². The molecule has 146 valence electrons. The van der Waals surface area contributed by atoms with Crippen LogP contribution in [0.1, 0.15) is 5.56 Å². The van der Waals surface area contributed by atoms with Crippen LogP contribution in [0, 0.1) is 6.92 Å². The lowest BCUT2D eigenvalue weighted by Crippen LogP contribution is -2.36. The maximum absolute atomic E-state index is 12.6. The molecule has 1 aliphatic heterocycles. The summed E-state index contributed by atoms with van der Waals surface area (Å²) in [5, 5.41) is 0.584. The zero-order chi connectivity index (χ0) is 19.3. The summed E-state index contributed by atoms with van der Waals surface area (Å²) in [5.74, 6) is 2.20. The van der Waals surface area contributed by atoms with Crippen LogP contribution < -0.4 is 15.1 Å². The second kappa shape index (κ2) is 8.71. The maximum atomic E-state index is 12.6. The number of rotatable bonds is 6. The van der Waals surface area contributed by atoms with Gasteiger partial charge in [0.1, 0.15) is 11.3 Å². The molecule has 1 aromatic heterocycles. The summed E-state index contributed by atoms with van der Waals surface area (Å²) in [6.45, 7) is 5.25. The molecule has 6 heteroatoms. The van der Waals surface area contributed by atoms with Gasteiger partial charge in [-0.3, -0.25) is 4.79 Å². The van der Waals surface area contributed by atoms with E-state index >= 15 is 0 Å². The molecular formula is C22H23NO4S. The van der Waals surface area contributed by atoms with Crippen LogP contribution in [0.25, 0.3) is 11.0 Å². The number of nitrogens with zero attached hydrogens (tertiary/aromatic N) is 1. The fourth-order valence-corrected chi connectivity index (χ4v) is 4.00. The summed E-state index contributed by atoms with van der Waals surface area (Å²) < 4.78 is 17.5. The standard InChI is InChI=1S/C22H23NO4S/c1-16-20(26-13-14-28-17-5-3-2-4-6-17)8-7-18-19(24)15-21(27-22(16)18)23-9-11-25-12-10-23/h2-8,15H,9-14H2,1H3. The Kier molecular flexibility index (Phi) is 5.88. The van der Waals surface area contributed by atoms with Gasteiger partial charge in [-0.15, -0.1) is 11.8 Å². The van der Waals surface area contributed by atoms with E-state index in [0.717, 1.165) is 30.2 Å². The number of hydrogen-bond acceptors (Lipinski definition) is 6. The van der Waals surface area contributed by atoms with Crippen LogP contribution >= 0.6 is 11.8 Å². The van der Waals surface area contributed by atoms with Crippen LogP contribution in [0.15, 0.2) is 62.6 Å². The molecule has 0 bridgehead atoms. The minimum atomic E-state index is -0.0305. The Morgan fingerprint density at radius 3 is 2.68 bits per heavy atom. The van der Waals surface area contributed by atoms with E-state index < -0.39 is 0 Å². The summed E-state index contributed by atoms with van der Waals surface area (Å²) in [5.41, 5.74) is 1.42. The number of ether oxygens (including phenoxy) is 2. The Balaban J connectivity index is 1.51. The molecule has 0 aliphatic carbocycles. The molecule has 1 aliphatic rings. The second-order valence-corrected chi connectivity index (χ2v) is 7.79. The van der Waals surface area contributed by atoms with Crippen LogP contribution in [0.3, 0.4) is 0 Å². The summed E-state index contributed by atoms with van der Waals surface area (Å²) in [6.07, 6.45) is 0. The van der Waals surface area contributed by atoms with Gasteiger partial charge in [0, 0.05) is 35.4 Å². The maximum Gasteiger partial charge on any atom is 0.200 e. The molecule has 0 unspecified atom stereocenters. The average molecular weight is 397 g/mol. The van der Waals surface area contributed by atoms with Gasteiger partial charge in [0.05, 0.1) is 25.2 Å². The number of benzene rings is 2. The molecule has 4 rings (SSSR count). The molecule has 3 aromatic rings. The lowest BCUT2D eigenvalue weighted by Gasteiger charge is -2.27. The molecule has 0 radical (unpaired) electrons. The molecule has 0 saturated carbocycles. The summed E-state index contributed by atoms with van der Waals surface area (Å²) in [4.78, 5) is 15.8. The monoisotopic (exact) mass is 397 g/mol. The Morgan fingerprint density at radius 1 is 1.11 bits per heavy atom. The van der Waals surface area contributed by atoms with E-state index in [-0.39, 0.29) is 5.43 Å². The third kappa shape index (κ3) is 4.18. The fraction of sp³-hybridized carbons (Fsp3) is 0.318. The Labute approximate surface area is 168 Å². The van der Waals surface area contributed by atoms with Crippen LogP contribution in [0.4, 0.5) is 5.88 Å². The molecule has 2 aromatic carbocycles. The van der Waals surface area contributed by atoms with Gasteiger partial charge < -0.3 is 18.8 Å². The molecular weight excluding hydrogens is 374 g/mol. The smallest absolute Gasteiger partial charge is 0.200 e. The highest BCUT2D eigenvalue weighted by molar-refractivity contribution is 7.99. The largest absolute Gasteiger partial charge is 0.492 e. The number of thioether (sulfide) groups is 1. The Hall–Kier alpha value is -2.44. The SMILES string of the molecule is Cc1c(OCCSc2ccccc2)ccc2c(=O)cc(N3CCOCC3)oc12. The van der Waals surface area contributed by atoms with Gasteiger partial charge in [-0.2, -0.15) is 0 Å². The fourth-order valence-electron chi connectivity index (χ4n) is 3.25. The Bertz CT molecular complexity index is 997. The average Bonchev–Trinajstić information content (AvgIpc) is 2.74. The first-order chi connectivity index (χ1) is 13.7. The molecule has 28 heavy (non-hydrogen) atoms. The van der Waals surface area contributed by atoms with Crippen molar-refractivity contribution in [1.29, 1.82) is 0 Å². The number of hydrogen-bond donors (Lipinski definition) is 0. The van der Waals surface area contributed by atoms with Gasteiger partial charge in [0.2, 0.25) is 0 Å². The van der Waals surface area contributed by atoms with Crippen LogP contribution in [0.5, 0.6) is 5.75 Å². The third-order valence-corrected chi connectivity index (χ3v) is 5.73. The number of morpholine rings is 1. The van der Waals surface area contributed by atoms with Crippen molar-refractivity contribution in [3.05, 3.63) is 64.3 Å². The first-order valence-electron chi connectivity index (χ1n) is 9.43. The summed E-state index contributed by atoms with van der Waals surface area (Å²) in [7, 11) is 0. The first kappa shape index (κ1) is 18.9. The molecule has 0 N–H and O–H groups in total. The predicted octanol–water partition coefficient (Wildman–Crippen LogP) is 4.11. The van der Waals surface area contributed by atoms with Gasteiger partial charge in [0.15, 0.2) is 11.3 Å². The van der Waals surface area contributed by atoms with E-state index in [1.54, 1.807) is 23.9 Å². The zero-order valence-corrected chi connectivity index (χ0v) is 16.7. The minimum absolute atomic E-state index is 0.0305. The van der Waals surface area contributed by atoms with E-state index in [9.17, 15) is 4.79 Å². The lowest BCUT2D eigenvalue weighted by molar-refractivity contribution is 0.121. The number of aryl methyl sites for hydroxylation is 1. The molecule has 0 spiro atoms. The first-order valence-corrected chi connectivity index (χ1v) is 10.4. The zero-order valence-electron chi connectivity index (χ0n) is 15.8. The van der Waals surface area contributed by atoms with Crippen molar-refractivity contribution in [1.82, 2.24) is 0 Å². The van der Waals surface area contributed by atoms with Crippen LogP contribution in [-0.2, 0) is 4.74 Å². The van der Waals surface area contributed by atoms with Gasteiger partial charge in [-0.05, 0) is 31.2 Å². The van der Waals surface area contributed by atoms with Crippen molar-refractivity contribution in [2.45, 2.75) is 11.8 Å². The van der Waals surface area contributed by atoms with Crippen molar-refractivity contribution in [3.63, 3.8) is 0 Å². The molecule has 0 amide bonds. The predicted molar refractivity (Wildman–Crippen MR) is 113 cm³/mol. The highest BCUT2D eigenvalue weighted by Crippen LogP contribution is 2.29. The van der Waals surface area contributed by atoms with Gasteiger partial charge >= 0.3 is 0 Å². The molecule has 1 saturated heterocycles. The van der Waals surface area contributed by atoms with Gasteiger partial charge in [0.25, 0.3) is 0 Å². The van der Waals surface area contributed by atoms with Gasteiger partial charge in [-0.1, -0.05) is 18.2 Å². The van der Waals surface area contributed by atoms with Crippen molar-refractivity contribution < 1.29 is 13.9 Å². The normalized spacial score (nSPS) is 14.4. The van der Waals surface area contributed by atoms with Crippen molar-refractivity contribution in [2.24, 2.45) is 0 Å². The van der Waals surface area contributed by atoms with E-state index in [4.69, 9.17) is 13.9 Å². The van der Waals surface area contributed by atoms with E-state index in [1.165, 1.54) is 4.90 Å².